The molecule has 0 spiro atoms. The first-order valence-electron chi connectivity index (χ1n) is 6.38. The number of nitrogens with two attached hydrogens (primary N) is 1. The predicted octanol–water partition coefficient (Wildman–Crippen LogP) is 1.87. The van der Waals surface area contributed by atoms with Gasteiger partial charge in [-0.3, -0.25) is 4.79 Å². The molecule has 1 aliphatic carbocycles. The summed E-state index contributed by atoms with van der Waals surface area (Å²) in [7, 11) is 0. The number of nitrogens with one attached hydrogen (secondary N) is 1. The molecule has 3 N–H and O–H groups in total. The number of anilines is 1. The Kier molecular flexibility index (Phi) is 3.87. The summed E-state index contributed by atoms with van der Waals surface area (Å²) in [6, 6.07) is 5.63. The highest BCUT2D eigenvalue weighted by Crippen LogP contribution is 2.24. The van der Waals surface area contributed by atoms with E-state index < -0.39 is 0 Å². The van der Waals surface area contributed by atoms with Crippen LogP contribution < -0.4 is 11.1 Å². The molecule has 18 heavy (non-hydrogen) atoms. The number of rotatable bonds is 4. The lowest BCUT2D eigenvalue weighted by atomic mass is 9.89. The molecule has 0 bridgehead atoms. The number of nitrogen functional groups attached to an aromatic ring is 1. The number of ether oxygens (including phenoxy) is 1. The first kappa shape index (κ1) is 12.9. The Morgan fingerprint density at radius 2 is 2.22 bits per heavy atom. The zero-order valence-corrected chi connectivity index (χ0v) is 10.9. The molecule has 1 aliphatic rings. The van der Waals surface area contributed by atoms with Crippen LogP contribution >= 0.6 is 0 Å². The zero-order chi connectivity index (χ0) is 13.1. The van der Waals surface area contributed by atoms with Crippen molar-refractivity contribution in [2.75, 3.05) is 12.3 Å². The molecule has 0 unspecified atom stereocenters. The number of carbonyl (C=O) groups is 1. The molecule has 0 atom stereocenters. The molecule has 98 valence electrons. The highest BCUT2D eigenvalue weighted by Gasteiger charge is 2.31. The van der Waals surface area contributed by atoms with Gasteiger partial charge in [-0.05, 0) is 44.4 Å². The van der Waals surface area contributed by atoms with E-state index in [0.717, 1.165) is 25.0 Å². The van der Waals surface area contributed by atoms with Crippen molar-refractivity contribution in [3.63, 3.8) is 0 Å². The van der Waals surface area contributed by atoms with Crippen LogP contribution in [0.4, 0.5) is 5.69 Å². The van der Waals surface area contributed by atoms with Crippen LogP contribution in [0.25, 0.3) is 0 Å². The fourth-order valence-electron chi connectivity index (χ4n) is 2.20. The van der Waals surface area contributed by atoms with Crippen LogP contribution in [0.15, 0.2) is 18.2 Å². The standard InChI is InChI=1S/C14H20N2O2/c1-3-18-12-7-11(8-12)16-14(17)13-6-10(15)5-4-9(13)2/h4-6,11-12H,3,7-8,15H2,1-2H3,(H,16,17). The predicted molar refractivity (Wildman–Crippen MR) is 71.5 cm³/mol. The number of amides is 1. The van der Waals surface area contributed by atoms with Crippen LogP contribution in [0.5, 0.6) is 0 Å². The van der Waals surface area contributed by atoms with E-state index in [1.807, 2.05) is 19.9 Å². The maximum Gasteiger partial charge on any atom is 0.251 e. The van der Waals surface area contributed by atoms with Gasteiger partial charge in [-0.15, -0.1) is 0 Å². The maximum atomic E-state index is 12.1. The minimum atomic E-state index is -0.0419. The highest BCUT2D eigenvalue weighted by atomic mass is 16.5. The van der Waals surface area contributed by atoms with Gasteiger partial charge in [0.2, 0.25) is 0 Å². The molecular weight excluding hydrogens is 228 g/mol. The summed E-state index contributed by atoms with van der Waals surface area (Å²) in [6.45, 7) is 4.64. The Balaban J connectivity index is 1.91. The van der Waals surface area contributed by atoms with Crippen LogP contribution in [0.2, 0.25) is 0 Å². The van der Waals surface area contributed by atoms with Crippen molar-refractivity contribution >= 4 is 11.6 Å². The molecule has 2 rings (SSSR count). The monoisotopic (exact) mass is 248 g/mol. The minimum Gasteiger partial charge on any atom is -0.399 e. The Hall–Kier alpha value is -1.55. The largest absolute Gasteiger partial charge is 0.399 e. The highest BCUT2D eigenvalue weighted by molar-refractivity contribution is 5.96. The van der Waals surface area contributed by atoms with E-state index in [2.05, 4.69) is 5.32 Å². The Morgan fingerprint density at radius 3 is 2.89 bits per heavy atom. The molecule has 1 fully saturated rings. The fourth-order valence-corrected chi connectivity index (χ4v) is 2.20. The normalized spacial score (nSPS) is 22.3. The van der Waals surface area contributed by atoms with Gasteiger partial charge in [-0.1, -0.05) is 6.07 Å². The smallest absolute Gasteiger partial charge is 0.251 e. The van der Waals surface area contributed by atoms with E-state index in [9.17, 15) is 4.79 Å². The van der Waals surface area contributed by atoms with Crippen LogP contribution in [0, 0.1) is 6.92 Å². The maximum absolute atomic E-state index is 12.1. The quantitative estimate of drug-likeness (QED) is 0.800. The first-order valence-corrected chi connectivity index (χ1v) is 6.38. The van der Waals surface area contributed by atoms with Crippen molar-refractivity contribution in [3.05, 3.63) is 29.3 Å². The van der Waals surface area contributed by atoms with Gasteiger partial charge in [0.25, 0.3) is 5.91 Å². The van der Waals surface area contributed by atoms with Gasteiger partial charge in [-0.2, -0.15) is 0 Å². The second-order valence-electron chi connectivity index (χ2n) is 4.79. The topological polar surface area (TPSA) is 64.3 Å². The third-order valence-electron chi connectivity index (χ3n) is 3.34. The molecule has 0 aliphatic heterocycles. The SMILES string of the molecule is CCOC1CC(NC(=O)c2cc(N)ccc2C)C1. The first-order chi connectivity index (χ1) is 8.60. The summed E-state index contributed by atoms with van der Waals surface area (Å²) in [4.78, 5) is 12.1. The molecule has 1 aromatic rings. The van der Waals surface area contributed by atoms with Crippen LogP contribution in [0.3, 0.4) is 0 Å². The minimum absolute atomic E-state index is 0.0419. The number of hydrogen-bond donors (Lipinski definition) is 2. The molecule has 1 saturated carbocycles. The van der Waals surface area contributed by atoms with E-state index in [1.54, 1.807) is 12.1 Å². The summed E-state index contributed by atoms with van der Waals surface area (Å²) < 4.78 is 5.47. The van der Waals surface area contributed by atoms with Crippen molar-refractivity contribution in [1.82, 2.24) is 5.32 Å². The van der Waals surface area contributed by atoms with Gasteiger partial charge in [0.1, 0.15) is 0 Å². The molecule has 1 aromatic carbocycles. The van der Waals surface area contributed by atoms with E-state index in [0.29, 0.717) is 17.4 Å². The van der Waals surface area contributed by atoms with Crippen molar-refractivity contribution in [2.24, 2.45) is 0 Å². The van der Waals surface area contributed by atoms with Crippen molar-refractivity contribution in [2.45, 2.75) is 38.8 Å². The summed E-state index contributed by atoms with van der Waals surface area (Å²) >= 11 is 0. The molecule has 0 radical (unpaired) electrons. The van der Waals surface area contributed by atoms with Crippen LogP contribution in [0.1, 0.15) is 35.7 Å². The van der Waals surface area contributed by atoms with Crippen molar-refractivity contribution < 1.29 is 9.53 Å². The van der Waals surface area contributed by atoms with Crippen LogP contribution in [-0.4, -0.2) is 24.7 Å². The number of aryl methyl sites for hydroxylation is 1. The number of benzene rings is 1. The zero-order valence-electron chi connectivity index (χ0n) is 10.9. The third-order valence-corrected chi connectivity index (χ3v) is 3.34. The van der Waals surface area contributed by atoms with Gasteiger partial charge in [-0.25, -0.2) is 0 Å². The second-order valence-corrected chi connectivity index (χ2v) is 4.79. The van der Waals surface area contributed by atoms with Gasteiger partial charge in [0.15, 0.2) is 0 Å². The molecule has 1 amide bonds. The van der Waals surface area contributed by atoms with E-state index in [-0.39, 0.29) is 11.9 Å². The molecular formula is C14H20N2O2. The lowest BCUT2D eigenvalue weighted by Crippen LogP contribution is -2.47. The summed E-state index contributed by atoms with van der Waals surface area (Å²) in [5.41, 5.74) is 7.93. The summed E-state index contributed by atoms with van der Waals surface area (Å²) in [5, 5.41) is 3.01. The number of carbonyl (C=O) groups excluding carboxylic acids is 1. The van der Waals surface area contributed by atoms with E-state index in [4.69, 9.17) is 10.5 Å². The summed E-state index contributed by atoms with van der Waals surface area (Å²) in [6.07, 6.45) is 2.12. The molecule has 4 nitrogen and oxygen atoms in total. The Morgan fingerprint density at radius 1 is 1.50 bits per heavy atom. The molecule has 0 saturated heterocycles. The fraction of sp³-hybridized carbons (Fsp3) is 0.500. The third kappa shape index (κ3) is 2.82. The molecule has 0 heterocycles. The molecule has 0 aromatic heterocycles. The Bertz CT molecular complexity index is 439. The average Bonchev–Trinajstić information content (AvgIpc) is 2.29. The lowest BCUT2D eigenvalue weighted by Gasteiger charge is -2.35. The Labute approximate surface area is 108 Å². The van der Waals surface area contributed by atoms with Crippen molar-refractivity contribution in [1.29, 1.82) is 0 Å². The van der Waals surface area contributed by atoms with E-state index >= 15 is 0 Å². The second kappa shape index (κ2) is 5.40. The van der Waals surface area contributed by atoms with Gasteiger partial charge < -0.3 is 15.8 Å². The van der Waals surface area contributed by atoms with Gasteiger partial charge >= 0.3 is 0 Å². The van der Waals surface area contributed by atoms with Crippen LogP contribution in [-0.2, 0) is 4.74 Å². The average molecular weight is 248 g/mol. The van der Waals surface area contributed by atoms with Gasteiger partial charge in [0, 0.05) is 23.9 Å². The lowest BCUT2D eigenvalue weighted by molar-refractivity contribution is -0.00862. The molecule has 4 heteroatoms. The van der Waals surface area contributed by atoms with Crippen molar-refractivity contribution in [3.8, 4) is 0 Å². The number of hydrogen-bond acceptors (Lipinski definition) is 3. The van der Waals surface area contributed by atoms with E-state index in [1.165, 1.54) is 0 Å². The van der Waals surface area contributed by atoms with Gasteiger partial charge in [0.05, 0.1) is 6.10 Å². The summed E-state index contributed by atoms with van der Waals surface area (Å²) in [5.74, 6) is -0.0419.